The maximum Gasteiger partial charge on any atom is 0.343 e. The van der Waals surface area contributed by atoms with Crippen LogP contribution in [0.15, 0.2) is 62.6 Å². The molecule has 0 saturated heterocycles. The summed E-state index contributed by atoms with van der Waals surface area (Å²) in [6.07, 6.45) is 1.64. The van der Waals surface area contributed by atoms with Crippen molar-refractivity contribution in [3.05, 3.63) is 70.1 Å². The molecule has 3 aromatic rings. The Morgan fingerprint density at radius 2 is 1.93 bits per heavy atom. The largest absolute Gasteiger partial charge is 0.423 e. The lowest BCUT2D eigenvalue weighted by Crippen LogP contribution is -2.26. The Kier molecular flexibility index (Phi) is 4.52. The molecule has 1 fully saturated rings. The number of rotatable bonds is 5. The van der Waals surface area contributed by atoms with Crippen LogP contribution >= 0.6 is 0 Å². The molecule has 4 rings (SSSR count). The predicted octanol–water partition coefficient (Wildman–Crippen LogP) is 2.76. The van der Waals surface area contributed by atoms with Crippen molar-refractivity contribution in [2.75, 3.05) is 0 Å². The number of fused-ring (bicyclic) bond motifs is 1. The van der Waals surface area contributed by atoms with E-state index < -0.39 is 21.6 Å². The van der Waals surface area contributed by atoms with Crippen LogP contribution in [0, 0.1) is 6.92 Å². The lowest BCUT2D eigenvalue weighted by atomic mass is 10.1. The first-order valence-corrected chi connectivity index (χ1v) is 10.2. The molecule has 1 aliphatic rings. The number of carbonyl (C=O) groups excluding carboxylic acids is 1. The minimum Gasteiger partial charge on any atom is -0.423 e. The molecule has 28 heavy (non-hydrogen) atoms. The van der Waals surface area contributed by atoms with E-state index in [0.29, 0.717) is 5.58 Å². The van der Waals surface area contributed by atoms with Gasteiger partial charge in [-0.2, -0.15) is 0 Å². The predicted molar refractivity (Wildman–Crippen MR) is 102 cm³/mol. The molecule has 0 bridgehead atoms. The van der Waals surface area contributed by atoms with E-state index in [2.05, 4.69) is 4.72 Å². The Bertz CT molecular complexity index is 1240. The van der Waals surface area contributed by atoms with Gasteiger partial charge < -0.3 is 9.15 Å². The average Bonchev–Trinajstić information content (AvgIpc) is 3.44. The fraction of sp³-hybridized carbons (Fsp3) is 0.200. The molecular formula is C20H17NO6S. The monoisotopic (exact) mass is 399 g/mol. The van der Waals surface area contributed by atoms with Crippen LogP contribution in [0.2, 0.25) is 0 Å². The number of aryl methyl sites for hydroxylation is 1. The highest BCUT2D eigenvalue weighted by Gasteiger charge is 2.28. The Hall–Kier alpha value is -2.97. The van der Waals surface area contributed by atoms with Crippen molar-refractivity contribution < 1.29 is 22.4 Å². The number of benzene rings is 2. The Balaban J connectivity index is 1.59. The van der Waals surface area contributed by atoms with Crippen LogP contribution in [0.4, 0.5) is 0 Å². The summed E-state index contributed by atoms with van der Waals surface area (Å²) in [4.78, 5) is 24.0. The summed E-state index contributed by atoms with van der Waals surface area (Å²) >= 11 is 0. The van der Waals surface area contributed by atoms with Crippen molar-refractivity contribution in [1.82, 2.24) is 4.72 Å². The van der Waals surface area contributed by atoms with Crippen molar-refractivity contribution in [3.8, 4) is 5.75 Å². The summed E-state index contributed by atoms with van der Waals surface area (Å²) in [5.74, 6) is -0.520. The van der Waals surface area contributed by atoms with E-state index in [0.717, 1.165) is 23.8 Å². The van der Waals surface area contributed by atoms with Crippen molar-refractivity contribution in [1.29, 1.82) is 0 Å². The standard InChI is InChI=1S/C20H17NO6S/c1-12-9-19(22)27-18-11-15(7-8-17(12)18)26-20(23)13-3-2-4-16(10-13)28(24,25)21-14-5-6-14/h2-4,7-11,14,21H,5-6H2,1H3. The zero-order valence-corrected chi connectivity index (χ0v) is 15.8. The van der Waals surface area contributed by atoms with Crippen LogP contribution < -0.4 is 15.1 Å². The topological polar surface area (TPSA) is 103 Å². The molecule has 7 nitrogen and oxygen atoms in total. The van der Waals surface area contributed by atoms with Crippen LogP contribution in [0.25, 0.3) is 11.0 Å². The van der Waals surface area contributed by atoms with Crippen molar-refractivity contribution >= 4 is 27.0 Å². The first-order valence-electron chi connectivity index (χ1n) is 8.71. The third kappa shape index (κ3) is 3.83. The highest BCUT2D eigenvalue weighted by Crippen LogP contribution is 2.24. The van der Waals surface area contributed by atoms with E-state index in [9.17, 15) is 18.0 Å². The lowest BCUT2D eigenvalue weighted by molar-refractivity contribution is 0.0734. The number of hydrogen-bond acceptors (Lipinski definition) is 6. The zero-order valence-electron chi connectivity index (χ0n) is 15.0. The molecule has 0 atom stereocenters. The molecule has 1 saturated carbocycles. The molecule has 1 aliphatic carbocycles. The van der Waals surface area contributed by atoms with Gasteiger partial charge in [-0.3, -0.25) is 0 Å². The molecular weight excluding hydrogens is 382 g/mol. The minimum absolute atomic E-state index is 0.00832. The number of ether oxygens (including phenoxy) is 1. The summed E-state index contributed by atoms with van der Waals surface area (Å²) in [6.45, 7) is 1.78. The van der Waals surface area contributed by atoms with Gasteiger partial charge in [-0.15, -0.1) is 0 Å². The van der Waals surface area contributed by atoms with Gasteiger partial charge in [-0.1, -0.05) is 6.07 Å². The van der Waals surface area contributed by atoms with Gasteiger partial charge in [0.2, 0.25) is 10.0 Å². The first-order chi connectivity index (χ1) is 13.3. The maximum absolute atomic E-state index is 12.5. The van der Waals surface area contributed by atoms with Gasteiger partial charge in [0, 0.05) is 23.6 Å². The Labute approximate surface area is 161 Å². The van der Waals surface area contributed by atoms with Gasteiger partial charge in [0.25, 0.3) is 0 Å². The summed E-state index contributed by atoms with van der Waals surface area (Å²) in [5, 5.41) is 0.735. The van der Waals surface area contributed by atoms with Crippen molar-refractivity contribution in [2.45, 2.75) is 30.7 Å². The second-order valence-electron chi connectivity index (χ2n) is 6.72. The number of esters is 1. The van der Waals surface area contributed by atoms with Crippen molar-refractivity contribution in [3.63, 3.8) is 0 Å². The molecule has 1 aromatic heterocycles. The molecule has 144 valence electrons. The SMILES string of the molecule is Cc1cc(=O)oc2cc(OC(=O)c3cccc(S(=O)(=O)NC4CC4)c3)ccc12. The average molecular weight is 399 g/mol. The van der Waals surface area contributed by atoms with E-state index in [1.54, 1.807) is 19.1 Å². The molecule has 2 aromatic carbocycles. The normalized spacial score (nSPS) is 14.2. The summed E-state index contributed by atoms with van der Waals surface area (Å²) in [6, 6.07) is 11.8. The molecule has 1 N–H and O–H groups in total. The fourth-order valence-corrected chi connectivity index (χ4v) is 4.16. The quantitative estimate of drug-likeness (QED) is 0.402. The fourth-order valence-electron chi connectivity index (χ4n) is 2.81. The van der Waals surface area contributed by atoms with Gasteiger partial charge in [0.1, 0.15) is 11.3 Å². The molecule has 0 spiro atoms. The number of carbonyl (C=O) groups is 1. The van der Waals surface area contributed by atoms with Crippen LogP contribution in [0.5, 0.6) is 5.75 Å². The van der Waals surface area contributed by atoms with Crippen LogP contribution in [0.3, 0.4) is 0 Å². The number of sulfonamides is 1. The van der Waals surface area contributed by atoms with E-state index >= 15 is 0 Å². The van der Waals surface area contributed by atoms with Gasteiger partial charge in [-0.25, -0.2) is 22.7 Å². The van der Waals surface area contributed by atoms with Crippen LogP contribution in [-0.2, 0) is 10.0 Å². The van der Waals surface area contributed by atoms with Gasteiger partial charge >= 0.3 is 11.6 Å². The summed E-state index contributed by atoms with van der Waals surface area (Å²) < 4.78 is 37.7. The smallest absolute Gasteiger partial charge is 0.343 e. The van der Waals surface area contributed by atoms with E-state index in [4.69, 9.17) is 9.15 Å². The van der Waals surface area contributed by atoms with E-state index in [1.807, 2.05) is 0 Å². The van der Waals surface area contributed by atoms with Gasteiger partial charge in [0.05, 0.1) is 10.5 Å². The maximum atomic E-state index is 12.5. The van der Waals surface area contributed by atoms with Crippen molar-refractivity contribution in [2.24, 2.45) is 0 Å². The third-order valence-corrected chi connectivity index (χ3v) is 5.93. The van der Waals surface area contributed by atoms with Gasteiger partial charge in [-0.05, 0) is 55.7 Å². The number of hydrogen-bond donors (Lipinski definition) is 1. The number of nitrogens with one attached hydrogen (secondary N) is 1. The second-order valence-corrected chi connectivity index (χ2v) is 8.43. The van der Waals surface area contributed by atoms with E-state index in [-0.39, 0.29) is 22.3 Å². The Morgan fingerprint density at radius 3 is 2.68 bits per heavy atom. The molecule has 1 heterocycles. The summed E-state index contributed by atoms with van der Waals surface area (Å²) in [7, 11) is -3.67. The molecule has 0 aliphatic heterocycles. The minimum atomic E-state index is -3.67. The van der Waals surface area contributed by atoms with Gasteiger partial charge in [0.15, 0.2) is 0 Å². The third-order valence-electron chi connectivity index (χ3n) is 4.41. The molecule has 0 amide bonds. The highest BCUT2D eigenvalue weighted by molar-refractivity contribution is 7.89. The molecule has 8 heteroatoms. The zero-order chi connectivity index (χ0) is 19.9. The molecule has 0 unspecified atom stereocenters. The molecule has 0 radical (unpaired) electrons. The highest BCUT2D eigenvalue weighted by atomic mass is 32.2. The van der Waals surface area contributed by atoms with Crippen LogP contribution in [-0.4, -0.2) is 20.4 Å². The van der Waals surface area contributed by atoms with E-state index in [1.165, 1.54) is 36.4 Å². The first kappa shape index (κ1) is 18.4. The summed E-state index contributed by atoms with van der Waals surface area (Å²) in [5.41, 5.74) is 0.671. The Morgan fingerprint density at radius 1 is 1.14 bits per heavy atom. The lowest BCUT2D eigenvalue weighted by Gasteiger charge is -2.08. The van der Waals surface area contributed by atoms with Crippen LogP contribution in [0.1, 0.15) is 28.8 Å². The second kappa shape index (κ2) is 6.88.